The molecule has 0 bridgehead atoms. The number of imidazole rings is 1. The minimum atomic E-state index is -0.0415. The van der Waals surface area contributed by atoms with Crippen molar-refractivity contribution in [3.63, 3.8) is 0 Å². The topological polar surface area (TPSA) is 43.8 Å². The van der Waals surface area contributed by atoms with E-state index in [-0.39, 0.29) is 5.54 Å². The second-order valence-electron chi connectivity index (χ2n) is 6.77. The molecular weight excluding hydrogens is 258 g/mol. The first-order chi connectivity index (χ1) is 10.1. The minimum absolute atomic E-state index is 0.0415. The van der Waals surface area contributed by atoms with E-state index in [1.807, 2.05) is 0 Å². The highest BCUT2D eigenvalue weighted by molar-refractivity contribution is 5.76. The fraction of sp³-hybridized carbons (Fsp3) is 0.611. The maximum atomic E-state index is 6.65. The van der Waals surface area contributed by atoms with Crippen LogP contribution in [0.5, 0.6) is 0 Å². The molecule has 2 aromatic rings. The zero-order valence-electron chi connectivity index (χ0n) is 13.4. The van der Waals surface area contributed by atoms with Gasteiger partial charge in [-0.15, -0.1) is 0 Å². The molecular formula is C18H27N3. The quantitative estimate of drug-likeness (QED) is 0.924. The van der Waals surface area contributed by atoms with Gasteiger partial charge in [-0.2, -0.15) is 0 Å². The number of nitrogens with two attached hydrogens (primary N) is 1. The lowest BCUT2D eigenvalue weighted by atomic mass is 9.80. The van der Waals surface area contributed by atoms with Crippen molar-refractivity contribution in [2.75, 3.05) is 0 Å². The van der Waals surface area contributed by atoms with Crippen molar-refractivity contribution < 1.29 is 0 Å². The number of aryl methyl sites for hydroxylation is 2. The fourth-order valence-corrected chi connectivity index (χ4v) is 3.65. The molecule has 0 spiro atoms. The van der Waals surface area contributed by atoms with Gasteiger partial charge in [0.05, 0.1) is 11.0 Å². The molecule has 3 rings (SSSR count). The third kappa shape index (κ3) is 2.98. The summed E-state index contributed by atoms with van der Waals surface area (Å²) < 4.78 is 2.39. The molecule has 3 heteroatoms. The first kappa shape index (κ1) is 14.6. The Bertz CT molecular complexity index is 621. The van der Waals surface area contributed by atoms with Crippen molar-refractivity contribution in [1.82, 2.24) is 9.55 Å². The Morgan fingerprint density at radius 1 is 1.24 bits per heavy atom. The molecule has 0 atom stereocenters. The number of aromatic nitrogens is 2. The van der Waals surface area contributed by atoms with Gasteiger partial charge in [-0.25, -0.2) is 4.98 Å². The van der Waals surface area contributed by atoms with Crippen LogP contribution in [0.25, 0.3) is 11.0 Å². The predicted octanol–water partition coefficient (Wildman–Crippen LogP) is 3.96. The van der Waals surface area contributed by atoms with Crippen LogP contribution >= 0.6 is 0 Å². The molecule has 3 nitrogen and oxygen atoms in total. The second kappa shape index (κ2) is 5.80. The standard InChI is InChI=1S/C18H27N3/c1-3-11-21-16-8-7-14(2)12-15(16)20-17(21)13-18(19)9-5-4-6-10-18/h7-8,12H,3-6,9-11,13,19H2,1-2H3. The van der Waals surface area contributed by atoms with E-state index in [9.17, 15) is 0 Å². The van der Waals surface area contributed by atoms with Crippen molar-refractivity contribution >= 4 is 11.0 Å². The third-order valence-electron chi connectivity index (χ3n) is 4.79. The van der Waals surface area contributed by atoms with Crippen molar-refractivity contribution in [3.8, 4) is 0 Å². The van der Waals surface area contributed by atoms with Crippen LogP contribution in [0.3, 0.4) is 0 Å². The van der Waals surface area contributed by atoms with E-state index < -0.39 is 0 Å². The molecule has 0 unspecified atom stereocenters. The smallest absolute Gasteiger partial charge is 0.111 e. The molecule has 1 aliphatic carbocycles. The van der Waals surface area contributed by atoms with Gasteiger partial charge in [0.15, 0.2) is 0 Å². The van der Waals surface area contributed by atoms with Crippen LogP contribution in [0.2, 0.25) is 0 Å². The molecule has 0 saturated heterocycles. The van der Waals surface area contributed by atoms with Crippen molar-refractivity contribution in [3.05, 3.63) is 29.6 Å². The Balaban J connectivity index is 1.98. The molecule has 0 radical (unpaired) electrons. The number of nitrogens with zero attached hydrogens (tertiary/aromatic N) is 2. The Hall–Kier alpha value is -1.35. The van der Waals surface area contributed by atoms with Crippen LogP contribution in [0.4, 0.5) is 0 Å². The highest BCUT2D eigenvalue weighted by Gasteiger charge is 2.29. The van der Waals surface area contributed by atoms with Gasteiger partial charge in [0.1, 0.15) is 5.82 Å². The first-order valence-electron chi connectivity index (χ1n) is 8.36. The Morgan fingerprint density at radius 3 is 2.71 bits per heavy atom. The lowest BCUT2D eigenvalue weighted by molar-refractivity contribution is 0.287. The number of hydrogen-bond acceptors (Lipinski definition) is 2. The van der Waals surface area contributed by atoms with Gasteiger partial charge in [0, 0.05) is 18.5 Å². The lowest BCUT2D eigenvalue weighted by Crippen LogP contribution is -2.44. The summed E-state index contributed by atoms with van der Waals surface area (Å²) in [5.41, 5.74) is 10.3. The monoisotopic (exact) mass is 285 g/mol. The number of benzene rings is 1. The van der Waals surface area contributed by atoms with Crippen LogP contribution in [0.1, 0.15) is 56.8 Å². The van der Waals surface area contributed by atoms with Gasteiger partial charge in [-0.1, -0.05) is 32.3 Å². The highest BCUT2D eigenvalue weighted by Crippen LogP contribution is 2.30. The van der Waals surface area contributed by atoms with Crippen molar-refractivity contribution in [1.29, 1.82) is 0 Å². The Morgan fingerprint density at radius 2 is 2.00 bits per heavy atom. The van der Waals surface area contributed by atoms with E-state index in [4.69, 9.17) is 10.7 Å². The summed E-state index contributed by atoms with van der Waals surface area (Å²) in [6.07, 6.45) is 8.20. The molecule has 0 aliphatic heterocycles. The van der Waals surface area contributed by atoms with E-state index >= 15 is 0 Å². The number of rotatable bonds is 4. The van der Waals surface area contributed by atoms with E-state index in [2.05, 4.69) is 36.6 Å². The molecule has 2 N–H and O–H groups in total. The summed E-state index contributed by atoms with van der Waals surface area (Å²) in [5, 5.41) is 0. The molecule has 1 heterocycles. The summed E-state index contributed by atoms with van der Waals surface area (Å²) in [4.78, 5) is 4.91. The average molecular weight is 285 g/mol. The summed E-state index contributed by atoms with van der Waals surface area (Å²) in [7, 11) is 0. The number of fused-ring (bicyclic) bond motifs is 1. The van der Waals surface area contributed by atoms with Gasteiger partial charge in [-0.05, 0) is 43.9 Å². The van der Waals surface area contributed by atoms with Gasteiger partial charge in [0.25, 0.3) is 0 Å². The van der Waals surface area contributed by atoms with Gasteiger partial charge >= 0.3 is 0 Å². The van der Waals surface area contributed by atoms with Crippen molar-refractivity contribution in [2.45, 2.75) is 70.9 Å². The zero-order chi connectivity index (χ0) is 14.9. The molecule has 0 amide bonds. The molecule has 1 aromatic heterocycles. The Kier molecular flexibility index (Phi) is 4.03. The molecule has 1 aromatic carbocycles. The van der Waals surface area contributed by atoms with Crippen LogP contribution in [-0.4, -0.2) is 15.1 Å². The van der Waals surface area contributed by atoms with Gasteiger partial charge < -0.3 is 10.3 Å². The first-order valence-corrected chi connectivity index (χ1v) is 8.36. The van der Waals surface area contributed by atoms with Crippen LogP contribution in [0, 0.1) is 6.92 Å². The molecule has 1 aliphatic rings. The normalized spacial score (nSPS) is 18.2. The SMILES string of the molecule is CCCn1c(CC2(N)CCCCC2)nc2cc(C)ccc21. The summed E-state index contributed by atoms with van der Waals surface area (Å²) in [6, 6.07) is 6.58. The summed E-state index contributed by atoms with van der Waals surface area (Å²) in [5.74, 6) is 1.18. The van der Waals surface area contributed by atoms with Gasteiger partial charge in [-0.3, -0.25) is 0 Å². The van der Waals surface area contributed by atoms with Crippen LogP contribution < -0.4 is 5.73 Å². The summed E-state index contributed by atoms with van der Waals surface area (Å²) in [6.45, 7) is 5.39. The minimum Gasteiger partial charge on any atom is -0.328 e. The zero-order valence-corrected chi connectivity index (χ0v) is 13.4. The van der Waals surface area contributed by atoms with E-state index in [1.54, 1.807) is 0 Å². The van der Waals surface area contributed by atoms with Gasteiger partial charge in [0.2, 0.25) is 0 Å². The Labute approximate surface area is 127 Å². The maximum absolute atomic E-state index is 6.65. The molecule has 1 saturated carbocycles. The van der Waals surface area contributed by atoms with Crippen LogP contribution in [-0.2, 0) is 13.0 Å². The van der Waals surface area contributed by atoms with Crippen LogP contribution in [0.15, 0.2) is 18.2 Å². The summed E-state index contributed by atoms with van der Waals surface area (Å²) >= 11 is 0. The maximum Gasteiger partial charge on any atom is 0.111 e. The average Bonchev–Trinajstić information content (AvgIpc) is 2.76. The lowest BCUT2D eigenvalue weighted by Gasteiger charge is -2.33. The van der Waals surface area contributed by atoms with E-state index in [0.29, 0.717) is 0 Å². The molecule has 1 fully saturated rings. The predicted molar refractivity (Wildman–Crippen MR) is 88.5 cm³/mol. The second-order valence-corrected chi connectivity index (χ2v) is 6.77. The van der Waals surface area contributed by atoms with E-state index in [0.717, 1.165) is 37.7 Å². The highest BCUT2D eigenvalue weighted by atomic mass is 15.1. The fourth-order valence-electron chi connectivity index (χ4n) is 3.65. The molecule has 21 heavy (non-hydrogen) atoms. The largest absolute Gasteiger partial charge is 0.328 e. The molecule has 114 valence electrons. The number of hydrogen-bond donors (Lipinski definition) is 1. The van der Waals surface area contributed by atoms with E-state index in [1.165, 1.54) is 36.2 Å². The third-order valence-corrected chi connectivity index (χ3v) is 4.79. The van der Waals surface area contributed by atoms with Crippen molar-refractivity contribution in [2.24, 2.45) is 5.73 Å².